The average molecular weight is 547 g/mol. The van der Waals surface area contributed by atoms with Crippen LogP contribution >= 0.6 is 23.5 Å². The molecule has 194 valence electrons. The molecule has 0 saturated carbocycles. The molecule has 0 fully saturated rings. The highest BCUT2D eigenvalue weighted by Gasteiger charge is 2.28. The predicted molar refractivity (Wildman–Crippen MR) is 149 cm³/mol. The van der Waals surface area contributed by atoms with Crippen LogP contribution in [0, 0.1) is 6.92 Å². The molecule has 4 aromatic rings. The molecule has 0 saturated heterocycles. The van der Waals surface area contributed by atoms with Crippen LogP contribution in [0.2, 0.25) is 0 Å². The number of anilines is 1. The summed E-state index contributed by atoms with van der Waals surface area (Å²) in [7, 11) is 1.61. The van der Waals surface area contributed by atoms with E-state index in [-0.39, 0.29) is 18.3 Å². The van der Waals surface area contributed by atoms with Crippen LogP contribution in [0.25, 0.3) is 11.4 Å². The monoisotopic (exact) mass is 546 g/mol. The van der Waals surface area contributed by atoms with E-state index < -0.39 is 0 Å². The molecule has 2 N–H and O–H groups in total. The van der Waals surface area contributed by atoms with Gasteiger partial charge in [-0.05, 0) is 55.6 Å². The molecule has 38 heavy (non-hydrogen) atoms. The Labute approximate surface area is 229 Å². The highest BCUT2D eigenvalue weighted by atomic mass is 32.2. The fourth-order valence-corrected chi connectivity index (χ4v) is 5.40. The molecule has 0 aliphatic carbocycles. The van der Waals surface area contributed by atoms with Crippen LogP contribution in [-0.2, 0) is 17.8 Å². The number of aliphatic hydroxyl groups is 1. The first-order valence-electron chi connectivity index (χ1n) is 11.9. The van der Waals surface area contributed by atoms with Crippen molar-refractivity contribution in [3.05, 3.63) is 77.1 Å². The van der Waals surface area contributed by atoms with Crippen LogP contribution in [0.15, 0.2) is 64.6 Å². The topological polar surface area (TPSA) is 106 Å². The molecule has 0 atom stereocenters. The smallest absolute Gasteiger partial charge is 0.234 e. The highest BCUT2D eigenvalue weighted by molar-refractivity contribution is 8.00. The second-order valence-electron chi connectivity index (χ2n) is 8.55. The number of methoxy groups -OCH3 is 1. The summed E-state index contributed by atoms with van der Waals surface area (Å²) in [5.41, 5.74) is 4.58. The van der Waals surface area contributed by atoms with Gasteiger partial charge in [-0.15, -0.1) is 11.8 Å². The number of aryl methyl sites for hydroxylation is 1. The van der Waals surface area contributed by atoms with E-state index in [1.54, 1.807) is 25.1 Å². The van der Waals surface area contributed by atoms with Crippen molar-refractivity contribution in [3.63, 3.8) is 0 Å². The Kier molecular flexibility index (Phi) is 7.82. The number of hydrogen-bond acceptors (Lipinski definition) is 9. The molecule has 2 aromatic carbocycles. The Hall–Kier alpha value is -3.60. The zero-order valence-electron chi connectivity index (χ0n) is 21.1. The van der Waals surface area contributed by atoms with Crippen LogP contribution in [0.4, 0.5) is 5.69 Å². The molecule has 10 heteroatoms. The minimum absolute atomic E-state index is 0.139. The predicted octanol–water partition coefficient (Wildman–Crippen LogP) is 5.50. The van der Waals surface area contributed by atoms with Gasteiger partial charge in [-0.1, -0.05) is 17.8 Å². The fourth-order valence-electron chi connectivity index (χ4n) is 4.11. The van der Waals surface area contributed by atoms with Crippen LogP contribution in [0.5, 0.6) is 17.4 Å². The molecule has 8 nitrogen and oxygen atoms in total. The standard InChI is InChI=1S/C28H26N4O4S2/c1-16-25-22(18(14-33)13-29-16)12-23-27(36-25)31-26(17-7-9-20(35-2)10-8-17)32-28(23)38-15-24(34)30-19-5-4-6-21(11-19)37-3/h4-11,13,33H,12,14-15H2,1-3H3,(H,30,34). The van der Waals surface area contributed by atoms with Crippen molar-refractivity contribution >= 4 is 35.1 Å². The van der Waals surface area contributed by atoms with Gasteiger partial charge in [-0.25, -0.2) is 4.98 Å². The van der Waals surface area contributed by atoms with Crippen LogP contribution in [-0.4, -0.2) is 45.1 Å². The summed E-state index contributed by atoms with van der Waals surface area (Å²) in [6.07, 6.45) is 4.13. The molecule has 5 rings (SSSR count). The summed E-state index contributed by atoms with van der Waals surface area (Å²) in [5, 5.41) is 13.5. The number of amides is 1. The molecule has 3 heterocycles. The fraction of sp³-hybridized carbons (Fsp3) is 0.214. The van der Waals surface area contributed by atoms with E-state index in [0.29, 0.717) is 40.2 Å². The third-order valence-electron chi connectivity index (χ3n) is 6.10. The molecular formula is C28H26N4O4S2. The Morgan fingerprint density at radius 3 is 2.71 bits per heavy atom. The summed E-state index contributed by atoms with van der Waals surface area (Å²) in [5.74, 6) is 2.25. The number of aliphatic hydroxyl groups excluding tert-OH is 1. The minimum Gasteiger partial charge on any atom is -0.497 e. The number of hydrogen-bond donors (Lipinski definition) is 2. The maximum Gasteiger partial charge on any atom is 0.234 e. The molecule has 1 aliphatic heterocycles. The van der Waals surface area contributed by atoms with Crippen molar-refractivity contribution < 1.29 is 19.4 Å². The molecule has 1 amide bonds. The lowest BCUT2D eigenvalue weighted by Gasteiger charge is -2.24. The summed E-state index contributed by atoms with van der Waals surface area (Å²) in [6.45, 7) is 1.71. The van der Waals surface area contributed by atoms with Gasteiger partial charge in [0.25, 0.3) is 0 Å². The number of carbonyl (C=O) groups excluding carboxylic acids is 1. The van der Waals surface area contributed by atoms with Gasteiger partial charge < -0.3 is 19.9 Å². The Balaban J connectivity index is 1.47. The van der Waals surface area contributed by atoms with Gasteiger partial charge in [0.2, 0.25) is 11.8 Å². The number of nitrogens with zero attached hydrogens (tertiary/aromatic N) is 3. The summed E-state index contributed by atoms with van der Waals surface area (Å²) in [6, 6.07) is 15.2. The van der Waals surface area contributed by atoms with Crippen molar-refractivity contribution in [2.75, 3.05) is 24.4 Å². The number of ether oxygens (including phenoxy) is 2. The SMILES string of the molecule is COc1ccc(-c2nc3c(c(SCC(=O)Nc4cccc(SC)c4)n2)Cc2c(CO)cnc(C)c2O3)cc1. The third kappa shape index (κ3) is 5.47. The van der Waals surface area contributed by atoms with Gasteiger partial charge in [0.15, 0.2) is 11.6 Å². The number of nitrogens with one attached hydrogen (secondary N) is 1. The first-order chi connectivity index (χ1) is 18.5. The summed E-state index contributed by atoms with van der Waals surface area (Å²) >= 11 is 2.95. The van der Waals surface area contributed by atoms with Gasteiger partial charge >= 0.3 is 0 Å². The van der Waals surface area contributed by atoms with Crippen LogP contribution in [0.1, 0.15) is 22.4 Å². The number of pyridine rings is 1. The Bertz CT molecular complexity index is 1500. The first-order valence-corrected chi connectivity index (χ1v) is 14.1. The largest absolute Gasteiger partial charge is 0.497 e. The van der Waals surface area contributed by atoms with E-state index in [9.17, 15) is 9.90 Å². The number of aromatic nitrogens is 3. The van der Waals surface area contributed by atoms with Crippen LogP contribution in [0.3, 0.4) is 0 Å². The van der Waals surface area contributed by atoms with E-state index in [1.807, 2.05) is 61.7 Å². The average Bonchev–Trinajstić information content (AvgIpc) is 2.95. The van der Waals surface area contributed by atoms with Crippen molar-refractivity contribution in [1.29, 1.82) is 0 Å². The maximum absolute atomic E-state index is 12.9. The molecule has 0 spiro atoms. The summed E-state index contributed by atoms with van der Waals surface area (Å²) < 4.78 is 11.5. The van der Waals surface area contributed by atoms with E-state index >= 15 is 0 Å². The van der Waals surface area contributed by atoms with E-state index in [1.165, 1.54) is 11.8 Å². The molecule has 0 unspecified atom stereocenters. The van der Waals surface area contributed by atoms with Gasteiger partial charge in [-0.2, -0.15) is 4.98 Å². The van der Waals surface area contributed by atoms with Crippen LogP contribution < -0.4 is 14.8 Å². The highest BCUT2D eigenvalue weighted by Crippen LogP contribution is 2.42. The van der Waals surface area contributed by atoms with E-state index in [2.05, 4.69) is 10.3 Å². The second kappa shape index (κ2) is 11.4. The van der Waals surface area contributed by atoms with Gasteiger partial charge in [0, 0.05) is 39.9 Å². The molecule has 2 aromatic heterocycles. The van der Waals surface area contributed by atoms with E-state index in [4.69, 9.17) is 19.4 Å². The zero-order chi connectivity index (χ0) is 26.6. The van der Waals surface area contributed by atoms with Crippen molar-refractivity contribution in [1.82, 2.24) is 15.0 Å². The Morgan fingerprint density at radius 2 is 1.97 bits per heavy atom. The number of rotatable bonds is 8. The van der Waals surface area contributed by atoms with Gasteiger partial charge in [0.1, 0.15) is 10.8 Å². The number of carbonyl (C=O) groups is 1. The maximum atomic E-state index is 12.9. The number of benzene rings is 2. The van der Waals surface area contributed by atoms with Crippen molar-refractivity contribution in [2.24, 2.45) is 0 Å². The molecule has 1 aliphatic rings. The lowest BCUT2D eigenvalue weighted by atomic mass is 9.99. The third-order valence-corrected chi connectivity index (χ3v) is 7.84. The normalized spacial score (nSPS) is 11.8. The lowest BCUT2D eigenvalue weighted by molar-refractivity contribution is -0.113. The number of fused-ring (bicyclic) bond motifs is 2. The van der Waals surface area contributed by atoms with E-state index in [0.717, 1.165) is 33.0 Å². The van der Waals surface area contributed by atoms with Crippen molar-refractivity contribution in [2.45, 2.75) is 29.9 Å². The minimum atomic E-state index is -0.154. The van der Waals surface area contributed by atoms with Gasteiger partial charge in [0.05, 0.1) is 30.7 Å². The van der Waals surface area contributed by atoms with Crippen molar-refractivity contribution in [3.8, 4) is 28.8 Å². The first kappa shape index (κ1) is 26.0. The molecular weight excluding hydrogens is 520 g/mol. The Morgan fingerprint density at radius 1 is 1.16 bits per heavy atom. The van der Waals surface area contributed by atoms with Gasteiger partial charge in [-0.3, -0.25) is 9.78 Å². The summed E-state index contributed by atoms with van der Waals surface area (Å²) in [4.78, 5) is 27.9. The molecule has 0 bridgehead atoms. The lowest BCUT2D eigenvalue weighted by Crippen LogP contribution is -2.16. The zero-order valence-corrected chi connectivity index (χ0v) is 22.8. The number of thioether (sulfide) groups is 2. The second-order valence-corrected chi connectivity index (χ2v) is 10.4. The molecule has 0 radical (unpaired) electrons. The quantitative estimate of drug-likeness (QED) is 0.193.